The fourth-order valence-corrected chi connectivity index (χ4v) is 4.45. The number of benzene rings is 3. The Morgan fingerprint density at radius 3 is 2.66 bits per heavy atom. The highest BCUT2D eigenvalue weighted by Gasteiger charge is 2.28. The first-order valence-electron chi connectivity index (χ1n) is 10.8. The summed E-state index contributed by atoms with van der Waals surface area (Å²) in [4.78, 5) is 11.7. The van der Waals surface area contributed by atoms with Crippen molar-refractivity contribution in [2.24, 2.45) is 0 Å². The van der Waals surface area contributed by atoms with Gasteiger partial charge in [0.05, 0.1) is 18.2 Å². The molecule has 2 heterocycles. The van der Waals surface area contributed by atoms with Crippen LogP contribution in [0.3, 0.4) is 0 Å². The van der Waals surface area contributed by atoms with Crippen LogP contribution in [0.15, 0.2) is 66.7 Å². The van der Waals surface area contributed by atoms with Gasteiger partial charge in [-0.05, 0) is 67.3 Å². The number of phenolic OH excluding ortho intramolecular Hbond substituents is 1. The van der Waals surface area contributed by atoms with Crippen molar-refractivity contribution in [2.75, 3.05) is 18.6 Å². The number of aromatic hydroxyl groups is 1. The lowest BCUT2D eigenvalue weighted by Crippen LogP contribution is -2.32. The lowest BCUT2D eigenvalue weighted by Gasteiger charge is -2.27. The second kappa shape index (κ2) is 8.46. The summed E-state index contributed by atoms with van der Waals surface area (Å²) in [6.07, 6.45) is 2.92. The molecule has 1 atom stereocenters. The highest BCUT2D eigenvalue weighted by atomic mass is 19.1. The summed E-state index contributed by atoms with van der Waals surface area (Å²) >= 11 is 0. The first-order chi connectivity index (χ1) is 15.6. The molecule has 0 radical (unpaired) electrons. The quantitative estimate of drug-likeness (QED) is 0.463. The number of phenols is 1. The smallest absolute Gasteiger partial charge is 0.165 e. The molecule has 1 fully saturated rings. The van der Waals surface area contributed by atoms with Gasteiger partial charge in [-0.2, -0.15) is 0 Å². The number of nitrogens with zero attached hydrogens (tertiary/aromatic N) is 3. The van der Waals surface area contributed by atoms with Crippen molar-refractivity contribution in [3.8, 4) is 22.9 Å². The molecular formula is C26H24FN3O2. The van der Waals surface area contributed by atoms with Gasteiger partial charge < -0.3 is 14.7 Å². The lowest BCUT2D eigenvalue weighted by molar-refractivity contribution is 0.414. The minimum atomic E-state index is -0.316. The van der Waals surface area contributed by atoms with Crippen LogP contribution in [0.4, 0.5) is 10.2 Å². The van der Waals surface area contributed by atoms with E-state index in [9.17, 15) is 9.50 Å². The molecule has 0 saturated carbocycles. The largest absolute Gasteiger partial charge is 0.507 e. The molecule has 0 aliphatic carbocycles. The zero-order valence-corrected chi connectivity index (χ0v) is 17.8. The van der Waals surface area contributed by atoms with E-state index in [2.05, 4.69) is 22.0 Å². The van der Waals surface area contributed by atoms with Crippen LogP contribution in [0, 0.1) is 5.82 Å². The molecule has 1 aliphatic rings. The molecule has 1 aliphatic heterocycles. The van der Waals surface area contributed by atoms with Crippen LogP contribution in [-0.4, -0.2) is 34.8 Å². The van der Waals surface area contributed by atoms with E-state index in [4.69, 9.17) is 9.72 Å². The number of methoxy groups -OCH3 is 1. The van der Waals surface area contributed by atoms with Gasteiger partial charge >= 0.3 is 0 Å². The molecule has 4 aromatic rings. The molecule has 1 unspecified atom stereocenters. The minimum Gasteiger partial charge on any atom is -0.507 e. The van der Waals surface area contributed by atoms with Crippen molar-refractivity contribution in [2.45, 2.75) is 25.3 Å². The summed E-state index contributed by atoms with van der Waals surface area (Å²) in [7, 11) is 1.66. The topological polar surface area (TPSA) is 58.5 Å². The fourth-order valence-electron chi connectivity index (χ4n) is 4.45. The second-order valence-electron chi connectivity index (χ2n) is 8.09. The molecule has 1 aromatic heterocycles. The zero-order valence-electron chi connectivity index (χ0n) is 17.8. The van der Waals surface area contributed by atoms with E-state index >= 15 is 0 Å². The van der Waals surface area contributed by atoms with E-state index < -0.39 is 0 Å². The molecule has 1 N–H and O–H groups in total. The number of hydrogen-bond acceptors (Lipinski definition) is 5. The van der Waals surface area contributed by atoms with Gasteiger partial charge in [-0.3, -0.25) is 0 Å². The third-order valence-electron chi connectivity index (χ3n) is 6.06. The van der Waals surface area contributed by atoms with Crippen molar-refractivity contribution < 1.29 is 14.2 Å². The van der Waals surface area contributed by atoms with Crippen LogP contribution in [-0.2, 0) is 6.42 Å². The van der Waals surface area contributed by atoms with E-state index in [1.807, 2.05) is 18.2 Å². The molecule has 1 saturated heterocycles. The number of anilines is 1. The highest BCUT2D eigenvalue weighted by Crippen LogP contribution is 2.35. The molecule has 5 nitrogen and oxygen atoms in total. The molecule has 32 heavy (non-hydrogen) atoms. The average molecular weight is 429 g/mol. The lowest BCUT2D eigenvalue weighted by atomic mass is 10.0. The monoisotopic (exact) mass is 429 g/mol. The van der Waals surface area contributed by atoms with Crippen LogP contribution in [0.25, 0.3) is 22.3 Å². The number of rotatable bonds is 5. The number of hydrogen-bond donors (Lipinski definition) is 1. The Morgan fingerprint density at radius 1 is 1.06 bits per heavy atom. The number of para-hydroxylation sites is 1. The molecule has 6 heteroatoms. The van der Waals surface area contributed by atoms with Crippen LogP contribution in [0.1, 0.15) is 18.4 Å². The first-order valence-corrected chi connectivity index (χ1v) is 10.8. The predicted octanol–water partition coefficient (Wildman–Crippen LogP) is 5.36. The highest BCUT2D eigenvalue weighted by molar-refractivity contribution is 5.91. The second-order valence-corrected chi connectivity index (χ2v) is 8.09. The fraction of sp³-hybridized carbons (Fsp3) is 0.231. The first kappa shape index (κ1) is 20.2. The third-order valence-corrected chi connectivity index (χ3v) is 6.06. The van der Waals surface area contributed by atoms with Gasteiger partial charge in [0.15, 0.2) is 5.82 Å². The van der Waals surface area contributed by atoms with E-state index in [1.165, 1.54) is 17.7 Å². The Bertz CT molecular complexity index is 1260. The Kier molecular flexibility index (Phi) is 5.35. The summed E-state index contributed by atoms with van der Waals surface area (Å²) < 4.78 is 19.5. The number of ether oxygens (including phenoxy) is 1. The maximum absolute atomic E-state index is 14.2. The van der Waals surface area contributed by atoms with Crippen molar-refractivity contribution in [1.29, 1.82) is 0 Å². The van der Waals surface area contributed by atoms with Gasteiger partial charge in [0.25, 0.3) is 0 Å². The van der Waals surface area contributed by atoms with Gasteiger partial charge in [-0.1, -0.05) is 24.3 Å². The Hall–Kier alpha value is -3.67. The van der Waals surface area contributed by atoms with Crippen LogP contribution < -0.4 is 9.64 Å². The average Bonchev–Trinajstić information content (AvgIpc) is 3.27. The van der Waals surface area contributed by atoms with Crippen molar-refractivity contribution >= 4 is 16.7 Å². The Balaban J connectivity index is 1.58. The Labute approximate surface area is 186 Å². The summed E-state index contributed by atoms with van der Waals surface area (Å²) in [5.41, 5.74) is 2.43. The van der Waals surface area contributed by atoms with E-state index in [0.29, 0.717) is 28.1 Å². The van der Waals surface area contributed by atoms with Crippen LogP contribution in [0.5, 0.6) is 11.5 Å². The maximum atomic E-state index is 14.2. The maximum Gasteiger partial charge on any atom is 0.165 e. The third kappa shape index (κ3) is 3.84. The number of halogens is 1. The van der Waals surface area contributed by atoms with Crippen LogP contribution >= 0.6 is 0 Å². The molecule has 0 amide bonds. The molecule has 162 valence electrons. The summed E-state index contributed by atoms with van der Waals surface area (Å²) in [6.45, 7) is 0.837. The van der Waals surface area contributed by atoms with Gasteiger partial charge in [-0.15, -0.1) is 0 Å². The van der Waals surface area contributed by atoms with Crippen molar-refractivity contribution in [1.82, 2.24) is 9.97 Å². The van der Waals surface area contributed by atoms with E-state index in [0.717, 1.165) is 31.6 Å². The van der Waals surface area contributed by atoms with Crippen LogP contribution in [0.2, 0.25) is 0 Å². The van der Waals surface area contributed by atoms with Gasteiger partial charge in [0, 0.05) is 18.0 Å². The predicted molar refractivity (Wildman–Crippen MR) is 124 cm³/mol. The SMILES string of the molecule is COc1ccc(CC2CCCN2c2nc(-c3ccccc3O)nc3ccc(F)cc23)cc1. The molecule has 0 spiro atoms. The minimum absolute atomic E-state index is 0.121. The standard InChI is InChI=1S/C26H24FN3O2/c1-32-20-11-8-17(9-12-20)15-19-5-4-14-30(19)26-22-16-18(27)10-13-23(22)28-25(29-26)21-6-2-3-7-24(21)31/h2-3,6-13,16,19,31H,4-5,14-15H2,1H3. The van der Waals surface area contributed by atoms with E-state index in [-0.39, 0.29) is 17.6 Å². The van der Waals surface area contributed by atoms with Gasteiger partial charge in [0.1, 0.15) is 23.1 Å². The molecule has 5 rings (SSSR count). The summed E-state index contributed by atoms with van der Waals surface area (Å²) in [5.74, 6) is 1.79. The van der Waals surface area contributed by atoms with Crippen molar-refractivity contribution in [3.63, 3.8) is 0 Å². The number of aromatic nitrogens is 2. The summed E-state index contributed by atoms with van der Waals surface area (Å²) in [5, 5.41) is 11.0. The van der Waals surface area contributed by atoms with E-state index in [1.54, 1.807) is 31.4 Å². The van der Waals surface area contributed by atoms with Gasteiger partial charge in [0.2, 0.25) is 0 Å². The normalized spacial score (nSPS) is 15.9. The molecule has 3 aromatic carbocycles. The zero-order chi connectivity index (χ0) is 22.1. The Morgan fingerprint density at radius 2 is 1.88 bits per heavy atom. The van der Waals surface area contributed by atoms with Gasteiger partial charge in [-0.25, -0.2) is 14.4 Å². The van der Waals surface area contributed by atoms with Crippen molar-refractivity contribution in [3.05, 3.63) is 78.1 Å². The molecule has 0 bridgehead atoms. The summed E-state index contributed by atoms with van der Waals surface area (Å²) in [6, 6.07) is 20.0. The molecular weight excluding hydrogens is 405 g/mol. The number of fused-ring (bicyclic) bond motifs is 1.